The standard InChI is InChI=1S/C27H26BrN3O3S/c1-14-22(25(33)31-26-30-18-11-16(28)7-10-21(18)35-26)23(15-5-8-17(34-4)9-6-15)24-19(29-14)12-27(2,3)13-20(24)32/h5-11,23,29H,12-13H2,1-4H3,(H,30,31,33). The fourth-order valence-electron chi connectivity index (χ4n) is 4.99. The van der Waals surface area contributed by atoms with E-state index in [1.54, 1.807) is 7.11 Å². The fourth-order valence-corrected chi connectivity index (χ4v) is 6.18. The Morgan fingerprint density at radius 2 is 1.94 bits per heavy atom. The number of thiazole rings is 1. The Hall–Kier alpha value is -2.97. The lowest BCUT2D eigenvalue weighted by atomic mass is 9.68. The lowest BCUT2D eigenvalue weighted by Crippen LogP contribution is -2.39. The lowest BCUT2D eigenvalue weighted by molar-refractivity contribution is -0.118. The molecule has 1 aliphatic heterocycles. The lowest BCUT2D eigenvalue weighted by Gasteiger charge is -2.39. The number of hydrogen-bond acceptors (Lipinski definition) is 6. The number of nitrogens with one attached hydrogen (secondary N) is 2. The maximum Gasteiger partial charge on any atom is 0.256 e. The molecule has 0 radical (unpaired) electrons. The number of Topliss-reactive ketones (excluding diaryl/α,β-unsaturated/α-hetero) is 1. The van der Waals surface area contributed by atoms with E-state index in [9.17, 15) is 9.59 Å². The van der Waals surface area contributed by atoms with Crippen LogP contribution in [0.3, 0.4) is 0 Å². The number of aromatic nitrogens is 1. The number of halogens is 1. The first kappa shape index (κ1) is 23.8. The van der Waals surface area contributed by atoms with E-state index in [0.717, 1.165) is 43.8 Å². The highest BCUT2D eigenvalue weighted by Crippen LogP contribution is 2.47. The molecule has 180 valence electrons. The van der Waals surface area contributed by atoms with E-state index in [1.165, 1.54) is 11.3 Å². The predicted octanol–water partition coefficient (Wildman–Crippen LogP) is 6.31. The van der Waals surface area contributed by atoms with Crippen LogP contribution in [0.5, 0.6) is 5.75 Å². The molecule has 1 aliphatic carbocycles. The van der Waals surface area contributed by atoms with Crippen LogP contribution in [0.2, 0.25) is 0 Å². The summed E-state index contributed by atoms with van der Waals surface area (Å²) in [4.78, 5) is 31.8. The molecule has 5 rings (SSSR count). The van der Waals surface area contributed by atoms with E-state index in [4.69, 9.17) is 4.74 Å². The van der Waals surface area contributed by atoms with Gasteiger partial charge in [-0.25, -0.2) is 4.98 Å². The number of dihydropyridines is 1. The van der Waals surface area contributed by atoms with Crippen molar-refractivity contribution in [1.29, 1.82) is 0 Å². The van der Waals surface area contributed by atoms with Crippen molar-refractivity contribution in [2.75, 3.05) is 12.4 Å². The number of ketones is 1. The molecule has 6 nitrogen and oxygen atoms in total. The van der Waals surface area contributed by atoms with Crippen LogP contribution in [-0.4, -0.2) is 23.8 Å². The first-order chi connectivity index (χ1) is 16.6. The number of nitrogens with zero attached hydrogens (tertiary/aromatic N) is 1. The van der Waals surface area contributed by atoms with Gasteiger partial charge in [0.15, 0.2) is 10.9 Å². The van der Waals surface area contributed by atoms with E-state index in [2.05, 4.69) is 45.4 Å². The average molecular weight is 552 g/mol. The predicted molar refractivity (Wildman–Crippen MR) is 143 cm³/mol. The number of amides is 1. The van der Waals surface area contributed by atoms with Crippen molar-refractivity contribution < 1.29 is 14.3 Å². The number of rotatable bonds is 4. The number of methoxy groups -OCH3 is 1. The van der Waals surface area contributed by atoms with E-state index in [-0.39, 0.29) is 17.1 Å². The largest absolute Gasteiger partial charge is 0.497 e. The van der Waals surface area contributed by atoms with Crippen LogP contribution in [0.1, 0.15) is 45.1 Å². The Kier molecular flexibility index (Phi) is 6.05. The van der Waals surface area contributed by atoms with Crippen LogP contribution >= 0.6 is 27.3 Å². The van der Waals surface area contributed by atoms with Gasteiger partial charge in [0.2, 0.25) is 0 Å². The van der Waals surface area contributed by atoms with Gasteiger partial charge in [-0.2, -0.15) is 0 Å². The van der Waals surface area contributed by atoms with E-state index < -0.39 is 5.92 Å². The van der Waals surface area contributed by atoms with Gasteiger partial charge in [-0.1, -0.05) is 53.2 Å². The summed E-state index contributed by atoms with van der Waals surface area (Å²) in [5, 5.41) is 6.92. The van der Waals surface area contributed by atoms with Crippen LogP contribution in [-0.2, 0) is 9.59 Å². The molecule has 1 amide bonds. The second kappa shape index (κ2) is 8.91. The van der Waals surface area contributed by atoms with Crippen LogP contribution in [0.15, 0.2) is 69.5 Å². The topological polar surface area (TPSA) is 80.3 Å². The van der Waals surface area contributed by atoms with Gasteiger partial charge in [-0.3, -0.25) is 14.9 Å². The molecular weight excluding hydrogens is 526 g/mol. The van der Waals surface area contributed by atoms with Crippen molar-refractivity contribution in [2.45, 2.75) is 39.5 Å². The second-order valence-corrected chi connectivity index (χ2v) is 11.7. The smallest absolute Gasteiger partial charge is 0.256 e. The molecule has 0 fully saturated rings. The molecule has 0 bridgehead atoms. The molecule has 0 saturated heterocycles. The van der Waals surface area contributed by atoms with Crippen molar-refractivity contribution >= 4 is 54.3 Å². The summed E-state index contributed by atoms with van der Waals surface area (Å²) in [7, 11) is 1.62. The van der Waals surface area contributed by atoms with Crippen molar-refractivity contribution in [3.63, 3.8) is 0 Å². The van der Waals surface area contributed by atoms with Gasteiger partial charge in [0.1, 0.15) is 5.75 Å². The first-order valence-corrected chi connectivity index (χ1v) is 13.0. The van der Waals surface area contributed by atoms with Crippen molar-refractivity contribution in [3.8, 4) is 5.75 Å². The molecule has 35 heavy (non-hydrogen) atoms. The van der Waals surface area contributed by atoms with Gasteiger partial charge in [0.05, 0.1) is 17.3 Å². The van der Waals surface area contributed by atoms with Crippen molar-refractivity contribution in [1.82, 2.24) is 10.3 Å². The van der Waals surface area contributed by atoms with Crippen LogP contribution in [0.25, 0.3) is 10.2 Å². The Balaban J connectivity index is 1.56. The highest BCUT2D eigenvalue weighted by Gasteiger charge is 2.42. The molecule has 0 spiro atoms. The molecule has 8 heteroatoms. The third-order valence-electron chi connectivity index (χ3n) is 6.50. The molecule has 0 saturated carbocycles. The minimum atomic E-state index is -0.468. The highest BCUT2D eigenvalue weighted by molar-refractivity contribution is 9.10. The molecule has 2 N–H and O–H groups in total. The summed E-state index contributed by atoms with van der Waals surface area (Å²) in [6, 6.07) is 13.4. The van der Waals surface area contributed by atoms with E-state index in [1.807, 2.05) is 49.4 Å². The number of carbonyl (C=O) groups excluding carboxylic acids is 2. The maximum atomic E-state index is 13.7. The number of benzene rings is 2. The third-order valence-corrected chi connectivity index (χ3v) is 7.95. The highest BCUT2D eigenvalue weighted by atomic mass is 79.9. The monoisotopic (exact) mass is 551 g/mol. The van der Waals surface area contributed by atoms with Crippen molar-refractivity contribution in [3.05, 3.63) is 75.0 Å². The van der Waals surface area contributed by atoms with Gasteiger partial charge in [0, 0.05) is 39.4 Å². The first-order valence-electron chi connectivity index (χ1n) is 11.4. The zero-order chi connectivity index (χ0) is 24.9. The average Bonchev–Trinajstić information content (AvgIpc) is 3.18. The number of allylic oxidation sites excluding steroid dienone is 3. The number of fused-ring (bicyclic) bond motifs is 1. The van der Waals surface area contributed by atoms with Gasteiger partial charge in [-0.15, -0.1) is 0 Å². The minimum Gasteiger partial charge on any atom is -0.497 e. The molecule has 1 atom stereocenters. The van der Waals surface area contributed by atoms with Gasteiger partial charge in [-0.05, 0) is 54.7 Å². The SMILES string of the molecule is COc1ccc(C2C(C(=O)Nc3nc4cc(Br)ccc4s3)=C(C)NC3=C2C(=O)CC(C)(C)C3)cc1. The Morgan fingerprint density at radius 1 is 1.20 bits per heavy atom. The number of anilines is 1. The molecule has 3 aromatic rings. The molecule has 2 aliphatic rings. The van der Waals surface area contributed by atoms with Crippen LogP contribution in [0.4, 0.5) is 5.13 Å². The maximum absolute atomic E-state index is 13.7. The minimum absolute atomic E-state index is 0.0761. The van der Waals surface area contributed by atoms with Crippen LogP contribution < -0.4 is 15.4 Å². The summed E-state index contributed by atoms with van der Waals surface area (Å²) in [5.74, 6) is 0.0648. The third kappa shape index (κ3) is 4.52. The van der Waals surface area contributed by atoms with E-state index >= 15 is 0 Å². The van der Waals surface area contributed by atoms with Crippen molar-refractivity contribution in [2.24, 2.45) is 5.41 Å². The zero-order valence-corrected chi connectivity index (χ0v) is 22.4. The van der Waals surface area contributed by atoms with Gasteiger partial charge in [0.25, 0.3) is 5.91 Å². The number of hydrogen-bond donors (Lipinski definition) is 2. The Bertz CT molecular complexity index is 1420. The summed E-state index contributed by atoms with van der Waals surface area (Å²) in [5.41, 5.74) is 4.42. The molecule has 2 heterocycles. The van der Waals surface area contributed by atoms with Gasteiger partial charge < -0.3 is 10.1 Å². The Morgan fingerprint density at radius 3 is 2.66 bits per heavy atom. The summed E-state index contributed by atoms with van der Waals surface area (Å²) in [6.45, 7) is 6.10. The van der Waals surface area contributed by atoms with Crippen LogP contribution in [0, 0.1) is 5.41 Å². The second-order valence-electron chi connectivity index (χ2n) is 9.79. The normalized spacial score (nSPS) is 19.5. The number of ether oxygens (including phenoxy) is 1. The molecule has 2 aromatic carbocycles. The Labute approximate surface area is 216 Å². The summed E-state index contributed by atoms with van der Waals surface area (Å²) >= 11 is 4.89. The fraction of sp³-hybridized carbons (Fsp3) is 0.296. The number of carbonyl (C=O) groups is 2. The summed E-state index contributed by atoms with van der Waals surface area (Å²) in [6.07, 6.45) is 1.20. The molecule has 1 unspecified atom stereocenters. The quantitative estimate of drug-likeness (QED) is 0.397. The van der Waals surface area contributed by atoms with Gasteiger partial charge >= 0.3 is 0 Å². The zero-order valence-electron chi connectivity index (χ0n) is 20.0. The molecule has 1 aromatic heterocycles. The molecular formula is C27H26BrN3O3S. The summed E-state index contributed by atoms with van der Waals surface area (Å²) < 4.78 is 7.25. The van der Waals surface area contributed by atoms with E-state index in [0.29, 0.717) is 22.7 Å².